The van der Waals surface area contributed by atoms with E-state index in [0.717, 1.165) is 47.7 Å². The van der Waals surface area contributed by atoms with Gasteiger partial charge in [0.15, 0.2) is 0 Å². The summed E-state index contributed by atoms with van der Waals surface area (Å²) in [5.41, 5.74) is 1.06. The second-order valence-electron chi connectivity index (χ2n) is 5.58. The van der Waals surface area contributed by atoms with Gasteiger partial charge in [0.05, 0.1) is 6.61 Å². The van der Waals surface area contributed by atoms with Crippen molar-refractivity contribution in [1.29, 1.82) is 0 Å². The van der Waals surface area contributed by atoms with Crippen molar-refractivity contribution in [2.45, 2.75) is 37.8 Å². The lowest BCUT2D eigenvalue weighted by Crippen LogP contribution is -2.44. The van der Waals surface area contributed by atoms with Gasteiger partial charge in [0.1, 0.15) is 0 Å². The standard InChI is InChI=1S/C15H19Cl2NO/c16-13-2-1-3-14(17)12(13)8-10-9-19-7-6-15(10)18-11-4-5-11/h1-3,10-11,15,18H,4-9H2/t10-,15+/m0/s1. The van der Waals surface area contributed by atoms with Crippen molar-refractivity contribution in [3.05, 3.63) is 33.8 Å². The molecule has 2 aliphatic rings. The summed E-state index contributed by atoms with van der Waals surface area (Å²) in [6, 6.07) is 6.98. The molecule has 1 aromatic rings. The third-order valence-corrected chi connectivity index (χ3v) is 4.74. The molecule has 1 aromatic carbocycles. The first kappa shape index (κ1) is 13.7. The second kappa shape index (κ2) is 6.01. The lowest BCUT2D eigenvalue weighted by molar-refractivity contribution is 0.0316. The molecular weight excluding hydrogens is 281 g/mol. The molecule has 0 unspecified atom stereocenters. The Bertz CT molecular complexity index is 428. The van der Waals surface area contributed by atoms with Crippen LogP contribution >= 0.6 is 23.2 Å². The van der Waals surface area contributed by atoms with Crippen LogP contribution in [0.25, 0.3) is 0 Å². The molecule has 2 atom stereocenters. The summed E-state index contributed by atoms with van der Waals surface area (Å²) in [7, 11) is 0. The summed E-state index contributed by atoms with van der Waals surface area (Å²) < 4.78 is 5.64. The summed E-state index contributed by atoms with van der Waals surface area (Å²) in [6.07, 6.45) is 4.61. The highest BCUT2D eigenvalue weighted by atomic mass is 35.5. The van der Waals surface area contributed by atoms with Gasteiger partial charge in [-0.15, -0.1) is 0 Å². The molecule has 4 heteroatoms. The highest BCUT2D eigenvalue weighted by molar-refractivity contribution is 6.35. The van der Waals surface area contributed by atoms with Crippen LogP contribution in [0.2, 0.25) is 10.0 Å². The van der Waals surface area contributed by atoms with E-state index in [0.29, 0.717) is 12.0 Å². The number of ether oxygens (including phenoxy) is 1. The van der Waals surface area contributed by atoms with Crippen LogP contribution in [0.3, 0.4) is 0 Å². The second-order valence-corrected chi connectivity index (χ2v) is 6.39. The van der Waals surface area contributed by atoms with Gasteiger partial charge >= 0.3 is 0 Å². The number of halogens is 2. The normalized spacial score (nSPS) is 27.5. The van der Waals surface area contributed by atoms with Gasteiger partial charge in [-0.2, -0.15) is 0 Å². The van der Waals surface area contributed by atoms with Crippen molar-refractivity contribution < 1.29 is 4.74 Å². The third kappa shape index (κ3) is 3.43. The van der Waals surface area contributed by atoms with E-state index in [9.17, 15) is 0 Å². The third-order valence-electron chi connectivity index (χ3n) is 4.03. The van der Waals surface area contributed by atoms with Crippen molar-refractivity contribution in [3.8, 4) is 0 Å². The fourth-order valence-corrected chi connectivity index (χ4v) is 3.31. The van der Waals surface area contributed by atoms with E-state index in [4.69, 9.17) is 27.9 Å². The summed E-state index contributed by atoms with van der Waals surface area (Å²) in [6.45, 7) is 1.66. The summed E-state index contributed by atoms with van der Waals surface area (Å²) >= 11 is 12.5. The molecule has 1 N–H and O–H groups in total. The van der Waals surface area contributed by atoms with Gasteiger partial charge in [0, 0.05) is 34.7 Å². The van der Waals surface area contributed by atoms with E-state index in [1.807, 2.05) is 18.2 Å². The Morgan fingerprint density at radius 1 is 1.16 bits per heavy atom. The van der Waals surface area contributed by atoms with E-state index in [2.05, 4.69) is 5.32 Å². The van der Waals surface area contributed by atoms with Gasteiger partial charge in [0.2, 0.25) is 0 Å². The Morgan fingerprint density at radius 3 is 2.58 bits per heavy atom. The topological polar surface area (TPSA) is 21.3 Å². The largest absolute Gasteiger partial charge is 0.381 e. The molecule has 0 amide bonds. The molecule has 1 saturated carbocycles. The number of hydrogen-bond acceptors (Lipinski definition) is 2. The van der Waals surface area contributed by atoms with Gasteiger partial charge in [-0.25, -0.2) is 0 Å². The fourth-order valence-electron chi connectivity index (χ4n) is 2.76. The van der Waals surface area contributed by atoms with E-state index in [1.165, 1.54) is 12.8 Å². The van der Waals surface area contributed by atoms with Crippen LogP contribution < -0.4 is 5.32 Å². The summed E-state index contributed by atoms with van der Waals surface area (Å²) in [5, 5.41) is 5.27. The number of hydrogen-bond donors (Lipinski definition) is 1. The van der Waals surface area contributed by atoms with Gasteiger partial charge in [-0.1, -0.05) is 29.3 Å². The maximum absolute atomic E-state index is 6.27. The van der Waals surface area contributed by atoms with E-state index < -0.39 is 0 Å². The van der Waals surface area contributed by atoms with Crippen LogP contribution in [-0.4, -0.2) is 25.3 Å². The number of nitrogens with one attached hydrogen (secondary N) is 1. The molecule has 1 saturated heterocycles. The van der Waals surface area contributed by atoms with Crippen molar-refractivity contribution in [1.82, 2.24) is 5.32 Å². The molecule has 0 radical (unpaired) electrons. The summed E-state index contributed by atoms with van der Waals surface area (Å²) in [4.78, 5) is 0. The number of benzene rings is 1. The Hall–Kier alpha value is -0.280. The molecule has 1 heterocycles. The maximum Gasteiger partial charge on any atom is 0.0512 e. The first-order valence-corrected chi connectivity index (χ1v) is 7.76. The average Bonchev–Trinajstić information content (AvgIpc) is 3.20. The van der Waals surface area contributed by atoms with Crippen molar-refractivity contribution in [2.24, 2.45) is 5.92 Å². The van der Waals surface area contributed by atoms with Crippen molar-refractivity contribution in [3.63, 3.8) is 0 Å². The van der Waals surface area contributed by atoms with Gasteiger partial charge in [0.25, 0.3) is 0 Å². The first-order chi connectivity index (χ1) is 9.24. The zero-order chi connectivity index (χ0) is 13.2. The average molecular weight is 300 g/mol. The number of rotatable bonds is 4. The van der Waals surface area contributed by atoms with Crippen LogP contribution in [0.1, 0.15) is 24.8 Å². The molecule has 0 aromatic heterocycles. The monoisotopic (exact) mass is 299 g/mol. The molecule has 0 bridgehead atoms. The molecular formula is C15H19Cl2NO. The lowest BCUT2D eigenvalue weighted by atomic mass is 9.89. The smallest absolute Gasteiger partial charge is 0.0512 e. The minimum absolute atomic E-state index is 0.465. The Labute approximate surface area is 124 Å². The highest BCUT2D eigenvalue weighted by Crippen LogP contribution is 2.31. The Balaban J connectivity index is 1.71. The highest BCUT2D eigenvalue weighted by Gasteiger charge is 2.32. The van der Waals surface area contributed by atoms with E-state index in [1.54, 1.807) is 0 Å². The van der Waals surface area contributed by atoms with E-state index >= 15 is 0 Å². The van der Waals surface area contributed by atoms with Crippen LogP contribution in [0.5, 0.6) is 0 Å². The SMILES string of the molecule is Clc1cccc(Cl)c1C[C@H]1COCC[C@H]1NC1CC1. The molecule has 19 heavy (non-hydrogen) atoms. The van der Waals surface area contributed by atoms with Crippen molar-refractivity contribution in [2.75, 3.05) is 13.2 Å². The van der Waals surface area contributed by atoms with Gasteiger partial charge < -0.3 is 10.1 Å². The van der Waals surface area contributed by atoms with Crippen LogP contribution in [-0.2, 0) is 11.2 Å². The maximum atomic E-state index is 6.27. The quantitative estimate of drug-likeness (QED) is 0.915. The Kier molecular flexibility index (Phi) is 4.33. The zero-order valence-corrected chi connectivity index (χ0v) is 12.4. The van der Waals surface area contributed by atoms with Crippen molar-refractivity contribution >= 4 is 23.2 Å². The molecule has 1 aliphatic carbocycles. The minimum atomic E-state index is 0.465. The molecule has 2 nitrogen and oxygen atoms in total. The van der Waals surface area contributed by atoms with Gasteiger partial charge in [-0.3, -0.25) is 0 Å². The molecule has 3 rings (SSSR count). The van der Waals surface area contributed by atoms with Crippen LogP contribution in [0, 0.1) is 5.92 Å². The molecule has 104 valence electrons. The predicted molar refractivity (Wildman–Crippen MR) is 79.0 cm³/mol. The minimum Gasteiger partial charge on any atom is -0.381 e. The Morgan fingerprint density at radius 2 is 1.89 bits per heavy atom. The fraction of sp³-hybridized carbons (Fsp3) is 0.600. The first-order valence-electron chi connectivity index (χ1n) is 7.00. The zero-order valence-electron chi connectivity index (χ0n) is 10.9. The van der Waals surface area contributed by atoms with Crippen LogP contribution in [0.15, 0.2) is 18.2 Å². The van der Waals surface area contributed by atoms with E-state index in [-0.39, 0.29) is 0 Å². The predicted octanol–water partition coefficient (Wildman–Crippen LogP) is 3.69. The molecule has 1 aliphatic heterocycles. The van der Waals surface area contributed by atoms with Crippen LogP contribution in [0.4, 0.5) is 0 Å². The lowest BCUT2D eigenvalue weighted by Gasteiger charge is -2.33. The summed E-state index contributed by atoms with van der Waals surface area (Å²) in [5.74, 6) is 0.465. The van der Waals surface area contributed by atoms with Gasteiger partial charge in [-0.05, 0) is 43.4 Å². The molecule has 0 spiro atoms. The molecule has 2 fully saturated rings.